The first-order valence-electron chi connectivity index (χ1n) is 6.53. The number of hydrogen-bond acceptors (Lipinski definition) is 4. The van der Waals surface area contributed by atoms with E-state index in [0.717, 1.165) is 19.3 Å². The van der Waals surface area contributed by atoms with Crippen LogP contribution in [-0.4, -0.2) is 41.2 Å². The van der Waals surface area contributed by atoms with Crippen LogP contribution < -0.4 is 5.32 Å². The molecule has 1 aliphatic heterocycles. The van der Waals surface area contributed by atoms with Gasteiger partial charge in [-0.15, -0.1) is 0 Å². The Balaban J connectivity index is 1.95. The minimum atomic E-state index is -0.608. The summed E-state index contributed by atoms with van der Waals surface area (Å²) in [6, 6.07) is 0. The average molecular weight is 257 g/mol. The van der Waals surface area contributed by atoms with Crippen LogP contribution >= 0.6 is 0 Å². The number of ether oxygens (including phenoxy) is 2. The van der Waals surface area contributed by atoms with Crippen molar-refractivity contribution in [1.82, 2.24) is 5.32 Å². The molecule has 0 aromatic rings. The summed E-state index contributed by atoms with van der Waals surface area (Å²) in [5.74, 6) is 0. The largest absolute Gasteiger partial charge is 0.444 e. The molecule has 0 radical (unpaired) electrons. The summed E-state index contributed by atoms with van der Waals surface area (Å²) >= 11 is 0. The Morgan fingerprint density at radius 1 is 1.39 bits per heavy atom. The van der Waals surface area contributed by atoms with Crippen molar-refractivity contribution in [3.63, 3.8) is 0 Å². The van der Waals surface area contributed by atoms with Crippen LogP contribution in [0.4, 0.5) is 4.79 Å². The van der Waals surface area contributed by atoms with Gasteiger partial charge in [0.15, 0.2) is 0 Å². The predicted molar refractivity (Wildman–Crippen MR) is 66.3 cm³/mol. The molecular formula is C13H23NO4. The van der Waals surface area contributed by atoms with Gasteiger partial charge in [0.25, 0.3) is 0 Å². The molecule has 1 aliphatic carbocycles. The van der Waals surface area contributed by atoms with Crippen LogP contribution in [0.15, 0.2) is 0 Å². The lowest BCUT2D eigenvalue weighted by Crippen LogP contribution is -2.52. The van der Waals surface area contributed by atoms with E-state index < -0.39 is 22.8 Å². The van der Waals surface area contributed by atoms with Gasteiger partial charge in [0.1, 0.15) is 5.60 Å². The summed E-state index contributed by atoms with van der Waals surface area (Å²) in [6.07, 6.45) is 2.47. The fourth-order valence-corrected chi connectivity index (χ4v) is 2.36. The van der Waals surface area contributed by atoms with Crippen molar-refractivity contribution in [3.8, 4) is 0 Å². The summed E-state index contributed by atoms with van der Waals surface area (Å²) in [5.41, 5.74) is -1.59. The minimum Gasteiger partial charge on any atom is -0.444 e. The van der Waals surface area contributed by atoms with Gasteiger partial charge < -0.3 is 19.9 Å². The van der Waals surface area contributed by atoms with Crippen molar-refractivity contribution in [2.75, 3.05) is 13.2 Å². The van der Waals surface area contributed by atoms with Crippen molar-refractivity contribution in [1.29, 1.82) is 0 Å². The van der Waals surface area contributed by atoms with Crippen molar-refractivity contribution in [2.24, 2.45) is 0 Å². The molecule has 2 rings (SSSR count). The van der Waals surface area contributed by atoms with Crippen molar-refractivity contribution in [3.05, 3.63) is 0 Å². The molecule has 1 amide bonds. The molecule has 5 nitrogen and oxygen atoms in total. The summed E-state index contributed by atoms with van der Waals surface area (Å²) in [6.45, 7) is 6.57. The molecule has 1 unspecified atom stereocenters. The Bertz CT molecular complexity index is 324. The van der Waals surface area contributed by atoms with Gasteiger partial charge in [-0.05, 0) is 40.0 Å². The number of carbonyl (C=O) groups is 1. The van der Waals surface area contributed by atoms with Crippen molar-refractivity contribution >= 4 is 6.09 Å². The monoisotopic (exact) mass is 257 g/mol. The fraction of sp³-hybridized carbons (Fsp3) is 0.923. The molecule has 1 saturated carbocycles. The highest BCUT2D eigenvalue weighted by molar-refractivity contribution is 5.69. The number of rotatable bonds is 3. The van der Waals surface area contributed by atoms with Crippen LogP contribution in [0.1, 0.15) is 46.5 Å². The first-order valence-corrected chi connectivity index (χ1v) is 6.53. The van der Waals surface area contributed by atoms with Gasteiger partial charge in [-0.25, -0.2) is 4.79 Å². The van der Waals surface area contributed by atoms with E-state index in [-0.39, 0.29) is 0 Å². The molecule has 2 N–H and O–H groups in total. The lowest BCUT2D eigenvalue weighted by Gasteiger charge is -2.32. The normalized spacial score (nSPS) is 30.0. The number of amides is 1. The maximum Gasteiger partial charge on any atom is 0.408 e. The van der Waals surface area contributed by atoms with E-state index >= 15 is 0 Å². The third-order valence-corrected chi connectivity index (χ3v) is 3.36. The van der Waals surface area contributed by atoms with Crippen molar-refractivity contribution < 1.29 is 19.4 Å². The second kappa shape index (κ2) is 4.38. The lowest BCUT2D eigenvalue weighted by atomic mass is 9.90. The molecule has 1 heterocycles. The zero-order chi connectivity index (χ0) is 13.4. The fourth-order valence-electron chi connectivity index (χ4n) is 2.36. The first kappa shape index (κ1) is 13.6. The van der Waals surface area contributed by atoms with Gasteiger partial charge in [0.05, 0.1) is 17.7 Å². The quantitative estimate of drug-likeness (QED) is 0.805. The lowest BCUT2D eigenvalue weighted by molar-refractivity contribution is 0.0350. The predicted octanol–water partition coefficient (Wildman–Crippen LogP) is 1.59. The summed E-state index contributed by atoms with van der Waals surface area (Å²) < 4.78 is 10.7. The second-order valence-corrected chi connectivity index (χ2v) is 6.61. The molecule has 0 aromatic carbocycles. The number of hydrogen-bond donors (Lipinski definition) is 2. The molecule has 0 spiro atoms. The van der Waals surface area contributed by atoms with Crippen LogP contribution in [0.5, 0.6) is 0 Å². The molecule has 5 heteroatoms. The standard InChI is InChI=1S/C13H23NO4/c1-11(2,3)18-10(15)14-12(6-7-17-9-12)8-13(16)4-5-13/h16H,4-9H2,1-3H3,(H,14,15). The highest BCUT2D eigenvalue weighted by Gasteiger charge is 2.50. The van der Waals surface area contributed by atoms with E-state index in [9.17, 15) is 9.90 Å². The molecule has 0 aromatic heterocycles. The minimum absolute atomic E-state index is 0.433. The van der Waals surface area contributed by atoms with E-state index in [1.165, 1.54) is 0 Å². The zero-order valence-corrected chi connectivity index (χ0v) is 11.4. The molecule has 1 saturated heterocycles. The molecule has 18 heavy (non-hydrogen) atoms. The first-order chi connectivity index (χ1) is 8.22. The number of aliphatic hydroxyl groups is 1. The van der Waals surface area contributed by atoms with Gasteiger partial charge in [-0.1, -0.05) is 0 Å². The van der Waals surface area contributed by atoms with Crippen LogP contribution in [0.3, 0.4) is 0 Å². The van der Waals surface area contributed by atoms with E-state index in [1.807, 2.05) is 20.8 Å². The molecule has 0 bridgehead atoms. The number of alkyl carbamates (subject to hydrolysis) is 1. The van der Waals surface area contributed by atoms with E-state index in [2.05, 4.69) is 5.32 Å². The third-order valence-electron chi connectivity index (χ3n) is 3.36. The molecule has 2 fully saturated rings. The Hall–Kier alpha value is -0.810. The van der Waals surface area contributed by atoms with E-state index in [1.54, 1.807) is 0 Å². The van der Waals surface area contributed by atoms with Gasteiger partial charge in [-0.2, -0.15) is 0 Å². The summed E-state index contributed by atoms with van der Waals surface area (Å²) in [7, 11) is 0. The van der Waals surface area contributed by atoms with Crippen LogP contribution in [0.2, 0.25) is 0 Å². The Labute approximate surface area is 108 Å². The van der Waals surface area contributed by atoms with Crippen molar-refractivity contribution in [2.45, 2.75) is 63.2 Å². The zero-order valence-electron chi connectivity index (χ0n) is 11.4. The van der Waals surface area contributed by atoms with Crippen LogP contribution in [0, 0.1) is 0 Å². The molecule has 1 atom stereocenters. The smallest absolute Gasteiger partial charge is 0.408 e. The molecule has 2 aliphatic rings. The Morgan fingerprint density at radius 3 is 2.50 bits per heavy atom. The van der Waals surface area contributed by atoms with E-state index in [0.29, 0.717) is 19.6 Å². The summed E-state index contributed by atoms with van der Waals surface area (Å²) in [5, 5.41) is 13.0. The number of nitrogens with one attached hydrogen (secondary N) is 1. The van der Waals surface area contributed by atoms with Gasteiger partial charge in [0.2, 0.25) is 0 Å². The van der Waals surface area contributed by atoms with E-state index in [4.69, 9.17) is 9.47 Å². The maximum atomic E-state index is 11.9. The second-order valence-electron chi connectivity index (χ2n) is 6.61. The highest BCUT2D eigenvalue weighted by Crippen LogP contribution is 2.44. The third kappa shape index (κ3) is 3.59. The molecular weight excluding hydrogens is 234 g/mol. The van der Waals surface area contributed by atoms with Gasteiger partial charge in [-0.3, -0.25) is 0 Å². The van der Waals surface area contributed by atoms with Gasteiger partial charge >= 0.3 is 6.09 Å². The summed E-state index contributed by atoms with van der Waals surface area (Å²) in [4.78, 5) is 11.9. The van der Waals surface area contributed by atoms with Gasteiger partial charge in [0, 0.05) is 13.0 Å². The maximum absolute atomic E-state index is 11.9. The Kier molecular flexibility index (Phi) is 3.32. The number of carbonyl (C=O) groups excluding carboxylic acids is 1. The SMILES string of the molecule is CC(C)(C)OC(=O)NC1(CC2(O)CC2)CCOC1. The van der Waals surface area contributed by atoms with Crippen LogP contribution in [-0.2, 0) is 9.47 Å². The average Bonchev–Trinajstić information content (AvgIpc) is 2.71. The Morgan fingerprint density at radius 2 is 2.06 bits per heavy atom. The topological polar surface area (TPSA) is 67.8 Å². The molecule has 104 valence electrons. The highest BCUT2D eigenvalue weighted by atomic mass is 16.6. The van der Waals surface area contributed by atoms with Crippen LogP contribution in [0.25, 0.3) is 0 Å².